The highest BCUT2D eigenvalue weighted by molar-refractivity contribution is 6.31. The number of ether oxygens (including phenoxy) is 1. The van der Waals surface area contributed by atoms with Crippen LogP contribution >= 0.6 is 0 Å². The number of aromatic nitrogens is 1. The first kappa shape index (κ1) is 24.5. The molecular formula is C29H32N2O4. The Hall–Kier alpha value is -3.67. The fourth-order valence-corrected chi connectivity index (χ4v) is 4.34. The summed E-state index contributed by atoms with van der Waals surface area (Å²) in [5, 5.41) is 4.99. The maximum atomic E-state index is 12.5. The van der Waals surface area contributed by atoms with E-state index in [2.05, 4.69) is 19.0 Å². The lowest BCUT2D eigenvalue weighted by Gasteiger charge is -2.14. The van der Waals surface area contributed by atoms with Crippen molar-refractivity contribution in [2.24, 2.45) is 11.1 Å². The summed E-state index contributed by atoms with van der Waals surface area (Å²) >= 11 is 0. The predicted molar refractivity (Wildman–Crippen MR) is 138 cm³/mol. The molecule has 0 amide bonds. The summed E-state index contributed by atoms with van der Waals surface area (Å²) in [7, 11) is 0. The van der Waals surface area contributed by atoms with Crippen LogP contribution in [0.5, 0.6) is 0 Å². The number of carbonyl (C=O) groups is 2. The van der Waals surface area contributed by atoms with E-state index < -0.39 is 5.97 Å². The second-order valence-electron chi connectivity index (χ2n) is 8.89. The van der Waals surface area contributed by atoms with Crippen molar-refractivity contribution in [3.63, 3.8) is 0 Å². The number of hydrogen-bond donors (Lipinski definition) is 0. The van der Waals surface area contributed by atoms with Crippen LogP contribution in [-0.4, -0.2) is 28.8 Å². The number of para-hydroxylation sites is 1. The lowest BCUT2D eigenvalue weighted by molar-refractivity contribution is -0.145. The van der Waals surface area contributed by atoms with E-state index in [0.29, 0.717) is 30.4 Å². The molecule has 1 aromatic heterocycles. The third-order valence-electron chi connectivity index (χ3n) is 6.44. The molecule has 0 fully saturated rings. The van der Waals surface area contributed by atoms with E-state index in [1.165, 1.54) is 0 Å². The normalized spacial score (nSPS) is 15.3. The fraction of sp³-hybridized carbons (Fsp3) is 0.345. The molecule has 0 saturated carbocycles. The van der Waals surface area contributed by atoms with Crippen molar-refractivity contribution in [1.82, 2.24) is 4.57 Å². The van der Waals surface area contributed by atoms with E-state index in [4.69, 9.17) is 9.57 Å². The van der Waals surface area contributed by atoms with Gasteiger partial charge in [0.1, 0.15) is 5.71 Å². The molecule has 0 radical (unpaired) electrons. The molecule has 0 bridgehead atoms. The van der Waals surface area contributed by atoms with Crippen LogP contribution in [0.3, 0.4) is 0 Å². The quantitative estimate of drug-likeness (QED) is 0.191. The van der Waals surface area contributed by atoms with Crippen LogP contribution in [0.1, 0.15) is 57.1 Å². The number of hydrogen-bond acceptors (Lipinski definition) is 5. The minimum Gasteiger partial charge on any atom is -0.465 e. The number of rotatable bonds is 11. The average Bonchev–Trinajstić information content (AvgIpc) is 3.44. The number of nitrogens with zero attached hydrogens (tertiary/aromatic N) is 2. The standard InChI is InChI=1S/C29H32N2O4/c1-3-5-11-21(4-2)20-34-27(32)16-17-31-19-23(24-14-9-10-15-26(24)31)18-25-28(30-35-29(25)33)22-12-7-6-8-13-22/h6-10,12-15,18-19,21H,3-5,11,16-17,20H2,1-2H3. The number of esters is 1. The SMILES string of the molecule is CCCCC(CC)COC(=O)CCn1cc(C=C2C(=O)ON=C2c2ccccc2)c2ccccc21. The molecule has 0 N–H and O–H groups in total. The molecule has 6 heteroatoms. The van der Waals surface area contributed by atoms with Gasteiger partial charge in [0.2, 0.25) is 0 Å². The zero-order valence-corrected chi connectivity index (χ0v) is 20.4. The lowest BCUT2D eigenvalue weighted by Crippen LogP contribution is -2.15. The molecule has 3 aromatic rings. The van der Waals surface area contributed by atoms with Gasteiger partial charge in [0.25, 0.3) is 0 Å². The number of benzene rings is 2. The Labute approximate surface area is 206 Å². The first-order valence-corrected chi connectivity index (χ1v) is 12.4. The number of unbranched alkanes of at least 4 members (excludes halogenated alkanes) is 1. The summed E-state index contributed by atoms with van der Waals surface area (Å²) in [6, 6.07) is 17.5. The highest BCUT2D eigenvalue weighted by Gasteiger charge is 2.27. The smallest absolute Gasteiger partial charge is 0.368 e. The van der Waals surface area contributed by atoms with E-state index in [1.807, 2.05) is 71.4 Å². The van der Waals surface area contributed by atoms with Crippen molar-refractivity contribution in [2.75, 3.05) is 6.61 Å². The first-order chi connectivity index (χ1) is 17.1. The van der Waals surface area contributed by atoms with Gasteiger partial charge in [-0.05, 0) is 24.5 Å². The lowest BCUT2D eigenvalue weighted by atomic mass is 10.0. The second kappa shape index (κ2) is 11.6. The van der Waals surface area contributed by atoms with Crippen LogP contribution in [0.25, 0.3) is 17.0 Å². The monoisotopic (exact) mass is 472 g/mol. The van der Waals surface area contributed by atoms with Gasteiger partial charge >= 0.3 is 11.9 Å². The Bertz CT molecular complexity index is 1240. The van der Waals surface area contributed by atoms with Crippen LogP contribution in [0.15, 0.2) is 71.5 Å². The van der Waals surface area contributed by atoms with Gasteiger partial charge in [-0.15, -0.1) is 0 Å². The van der Waals surface area contributed by atoms with Gasteiger partial charge in [0.05, 0.1) is 18.6 Å². The fourth-order valence-electron chi connectivity index (χ4n) is 4.34. The molecule has 1 aliphatic heterocycles. The minimum atomic E-state index is -0.474. The van der Waals surface area contributed by atoms with Gasteiger partial charge in [0.15, 0.2) is 0 Å². The summed E-state index contributed by atoms with van der Waals surface area (Å²) in [4.78, 5) is 29.9. The molecule has 6 nitrogen and oxygen atoms in total. The number of aryl methyl sites for hydroxylation is 1. The van der Waals surface area contributed by atoms with Crippen molar-refractivity contribution in [2.45, 2.75) is 52.5 Å². The Morgan fingerprint density at radius 1 is 1.11 bits per heavy atom. The molecule has 1 atom stereocenters. The van der Waals surface area contributed by atoms with Gasteiger partial charge in [-0.3, -0.25) is 4.79 Å². The maximum absolute atomic E-state index is 12.5. The molecule has 1 aliphatic rings. The van der Waals surface area contributed by atoms with E-state index in [-0.39, 0.29) is 12.4 Å². The average molecular weight is 473 g/mol. The van der Waals surface area contributed by atoms with Crippen LogP contribution in [0.4, 0.5) is 0 Å². The molecule has 182 valence electrons. The van der Waals surface area contributed by atoms with Crippen molar-refractivity contribution in [3.05, 3.63) is 77.5 Å². The van der Waals surface area contributed by atoms with E-state index in [1.54, 1.807) is 0 Å². The van der Waals surface area contributed by atoms with Gasteiger partial charge in [-0.25, -0.2) is 4.79 Å². The van der Waals surface area contributed by atoms with Crippen LogP contribution < -0.4 is 0 Å². The number of oxime groups is 1. The van der Waals surface area contributed by atoms with Crippen molar-refractivity contribution >= 4 is 34.6 Å². The molecule has 0 spiro atoms. The third kappa shape index (κ3) is 5.88. The molecule has 4 rings (SSSR count). The summed E-state index contributed by atoms with van der Waals surface area (Å²) in [6.07, 6.45) is 8.50. The summed E-state index contributed by atoms with van der Waals surface area (Å²) in [5.41, 5.74) is 3.62. The van der Waals surface area contributed by atoms with Gasteiger partial charge in [-0.2, -0.15) is 0 Å². The van der Waals surface area contributed by atoms with E-state index >= 15 is 0 Å². The van der Waals surface area contributed by atoms with Crippen molar-refractivity contribution in [1.29, 1.82) is 0 Å². The van der Waals surface area contributed by atoms with Gasteiger partial charge in [0, 0.05) is 34.8 Å². The molecule has 2 aromatic carbocycles. The van der Waals surface area contributed by atoms with Crippen LogP contribution in [-0.2, 0) is 25.7 Å². The molecule has 2 heterocycles. The zero-order chi connectivity index (χ0) is 24.6. The molecule has 1 unspecified atom stereocenters. The van der Waals surface area contributed by atoms with Crippen molar-refractivity contribution < 1.29 is 19.2 Å². The predicted octanol–water partition coefficient (Wildman–Crippen LogP) is 6.14. The largest absolute Gasteiger partial charge is 0.465 e. The molecular weight excluding hydrogens is 440 g/mol. The minimum absolute atomic E-state index is 0.185. The number of fused-ring (bicyclic) bond motifs is 1. The zero-order valence-electron chi connectivity index (χ0n) is 20.4. The van der Waals surface area contributed by atoms with E-state index in [0.717, 1.165) is 47.7 Å². The van der Waals surface area contributed by atoms with Crippen LogP contribution in [0, 0.1) is 5.92 Å². The topological polar surface area (TPSA) is 69.9 Å². The summed E-state index contributed by atoms with van der Waals surface area (Å²) in [5.74, 6) is -0.232. The number of carbonyl (C=O) groups excluding carboxylic acids is 2. The van der Waals surface area contributed by atoms with Gasteiger partial charge < -0.3 is 14.1 Å². The summed E-state index contributed by atoms with van der Waals surface area (Å²) < 4.78 is 7.62. The van der Waals surface area contributed by atoms with Crippen LogP contribution in [0.2, 0.25) is 0 Å². The second-order valence-corrected chi connectivity index (χ2v) is 8.89. The summed E-state index contributed by atoms with van der Waals surface area (Å²) in [6.45, 7) is 5.31. The molecule has 0 aliphatic carbocycles. The van der Waals surface area contributed by atoms with Crippen molar-refractivity contribution in [3.8, 4) is 0 Å². The van der Waals surface area contributed by atoms with Gasteiger partial charge in [-0.1, -0.05) is 86.8 Å². The Morgan fingerprint density at radius 3 is 2.66 bits per heavy atom. The first-order valence-electron chi connectivity index (χ1n) is 12.4. The Balaban J connectivity index is 1.51. The highest BCUT2D eigenvalue weighted by atomic mass is 16.7. The molecule has 0 saturated heterocycles. The molecule has 35 heavy (non-hydrogen) atoms. The third-order valence-corrected chi connectivity index (χ3v) is 6.44. The Morgan fingerprint density at radius 2 is 1.89 bits per heavy atom. The maximum Gasteiger partial charge on any atom is 0.368 e. The highest BCUT2D eigenvalue weighted by Crippen LogP contribution is 2.27. The Kier molecular flexibility index (Phi) is 8.14. The van der Waals surface area contributed by atoms with E-state index in [9.17, 15) is 9.59 Å².